The van der Waals surface area contributed by atoms with Gasteiger partial charge in [-0.1, -0.05) is 156 Å². The summed E-state index contributed by atoms with van der Waals surface area (Å²) in [6.07, 6.45) is 24.0. The quantitative estimate of drug-likeness (QED) is 0.00969. The van der Waals surface area contributed by atoms with Gasteiger partial charge in [0.1, 0.15) is 59.5 Å². The number of terminal acetylenes is 3. The second kappa shape index (κ2) is 65.8. The number of thiophene rings is 2. The number of fused-ring (bicyclic) bond motifs is 3. The number of piperidine rings is 1. The molecule has 1 fully saturated rings. The highest BCUT2D eigenvalue weighted by Gasteiger charge is 2.40. The first-order chi connectivity index (χ1) is 60.7. The molecule has 9 aromatic rings. The summed E-state index contributed by atoms with van der Waals surface area (Å²) in [6.45, 7) is 47.1. The van der Waals surface area contributed by atoms with Gasteiger partial charge in [-0.3, -0.25) is 24.5 Å². The number of hydrogen-bond acceptors (Lipinski definition) is 19. The van der Waals surface area contributed by atoms with Gasteiger partial charge in [-0.15, -0.1) is 65.6 Å². The third-order valence-electron chi connectivity index (χ3n) is 19.0. The topological polar surface area (TPSA) is 247 Å². The first-order valence-corrected chi connectivity index (χ1v) is 45.5. The monoisotopic (exact) mass is 1810 g/mol. The van der Waals surface area contributed by atoms with Crippen molar-refractivity contribution in [2.75, 3.05) is 100 Å². The molecule has 0 bridgehead atoms. The van der Waals surface area contributed by atoms with Crippen molar-refractivity contribution in [1.82, 2.24) is 20.0 Å². The number of unbranched alkanes of at least 4 members (excludes halogenated alkanes) is 3. The minimum atomic E-state index is -0.579. The molecule has 2 aliphatic rings. The van der Waals surface area contributed by atoms with Crippen LogP contribution < -0.4 is 19.5 Å². The second-order valence-electron chi connectivity index (χ2n) is 32.8. The number of imide groups is 1. The van der Waals surface area contributed by atoms with E-state index in [2.05, 4.69) is 154 Å². The second-order valence-corrected chi connectivity index (χ2v) is 34.9. The maximum Gasteiger partial charge on any atom is 0.255 e. The molecule has 2 aromatic heterocycles. The molecule has 1 saturated heterocycles. The number of phenols is 4. The number of rotatable bonds is 33. The van der Waals surface area contributed by atoms with Crippen molar-refractivity contribution < 1.29 is 73.1 Å². The summed E-state index contributed by atoms with van der Waals surface area (Å²) < 4.78 is 36.0. The standard InChI is InChI=1S/C26H25NO4S.C25H25NO4S.C16H14N2O3.C14H30O3.C13H28.3C3H4.C2H6.CH4O.2CH4/c1-3-27(2)14-15-31-21-11-6-17(7-12-21)25(30)24-22-13-10-20(29)16-23(22)32-26(24)18-4-8-19(28)9-5-18;1-3-26(2)14-15-29-20-9-11-21(12-10-20)30-24-22-13-8-19(28)16-23(22)31-25(24)17-4-6-18(27)7-5-17;1-2-4-10-5-3-6-11-12(10)9-18(16(11)21)13-7-8-14(19)17-15(13)20;1-13(2)12-17-11-10-16-9-8-15-7-6-14(3,4)5;1-12(2)10-8-6-7-9-11-13(3,4)5;3*1-3-2;2*1-2;;/h4-13,16,28-29H,3,14-15H2,1-2H3;4-13,16,27-28H,3,14-15H2,1-2H3;3,5-6,13H,7-9H2,1H3,(H,17,19,20);13H,6-12H2,1-5H3;12H,6-11H2,1-5H3;3*1H,2H3;1-2H3;2H,1H3;2*1H4. The van der Waals surface area contributed by atoms with Crippen LogP contribution in [0, 0.1) is 71.5 Å². The Morgan fingerprint density at radius 3 is 1.49 bits per heavy atom. The molecule has 0 saturated carbocycles. The molecule has 11 rings (SSSR count). The number of ether oxygens (including phenoxy) is 6. The largest absolute Gasteiger partial charge is 0.508 e. The number of aromatic hydroxyl groups is 4. The lowest BCUT2D eigenvalue weighted by molar-refractivity contribution is -0.136. The molecule has 129 heavy (non-hydrogen) atoms. The van der Waals surface area contributed by atoms with E-state index in [9.17, 15) is 39.6 Å². The first kappa shape index (κ1) is 118. The maximum absolute atomic E-state index is 13.6. The van der Waals surface area contributed by atoms with E-state index < -0.39 is 11.9 Å². The van der Waals surface area contributed by atoms with Crippen LogP contribution in [0.15, 0.2) is 152 Å². The number of nitrogens with zero attached hydrogens (tertiary/aromatic N) is 3. The number of ketones is 1. The summed E-state index contributed by atoms with van der Waals surface area (Å²) >= 11 is 2.99. The van der Waals surface area contributed by atoms with Crippen molar-refractivity contribution in [2.24, 2.45) is 22.7 Å². The highest BCUT2D eigenvalue weighted by Crippen LogP contribution is 2.48. The Morgan fingerprint density at radius 2 is 1.01 bits per heavy atom. The highest BCUT2D eigenvalue weighted by molar-refractivity contribution is 7.23. The Hall–Kier alpha value is -10.7. The number of amides is 3. The van der Waals surface area contributed by atoms with Gasteiger partial charge in [0.2, 0.25) is 11.8 Å². The van der Waals surface area contributed by atoms with Gasteiger partial charge in [0, 0.05) is 93.7 Å². The summed E-state index contributed by atoms with van der Waals surface area (Å²) in [4.78, 5) is 56.9. The van der Waals surface area contributed by atoms with E-state index in [-0.39, 0.29) is 61.9 Å². The fraction of sp³-hybridized carbons (Fsp3) is 0.463. The number of aliphatic hydroxyl groups is 1. The van der Waals surface area contributed by atoms with Gasteiger partial charge in [0.25, 0.3) is 5.91 Å². The Bertz CT molecular complexity index is 4820. The van der Waals surface area contributed by atoms with E-state index in [0.717, 1.165) is 128 Å². The zero-order valence-electron chi connectivity index (χ0n) is 79.4. The molecule has 4 heterocycles. The van der Waals surface area contributed by atoms with Gasteiger partial charge in [-0.25, -0.2) is 0 Å². The summed E-state index contributed by atoms with van der Waals surface area (Å²) in [6, 6.07) is 43.8. The SMILES string of the molecule is C.C.C#CC.C#CC.C#CC.CC.CC#Cc1cccc2c1CN(C1CCC(=O)NC1=O)C2=O.CC(C)CCCCCCC(C)(C)C.CC(C)COCCOCCOCCC(C)(C)C.CCN(C)CCOc1ccc(C(=O)c2c(-c3ccc(O)cc3)sc3cc(O)ccc23)cc1.CCN(C)CCOc1ccc(Oc2c(-c3ccc(O)cc3)sc3cc(O)ccc23)cc1.CO. The van der Waals surface area contributed by atoms with Crippen LogP contribution in [0.1, 0.15) is 235 Å². The maximum atomic E-state index is 13.6. The molecule has 1 atom stereocenters. The Balaban J connectivity index is 0.00000157. The van der Waals surface area contributed by atoms with E-state index in [1.807, 2.05) is 81.6 Å². The molecule has 7 aromatic carbocycles. The van der Waals surface area contributed by atoms with Crippen LogP contribution in [0.2, 0.25) is 0 Å². The van der Waals surface area contributed by atoms with Gasteiger partial charge in [-0.2, -0.15) is 0 Å². The number of carbonyl (C=O) groups is 4. The number of hydrogen-bond donors (Lipinski definition) is 6. The van der Waals surface area contributed by atoms with Crippen LogP contribution in [0.25, 0.3) is 41.1 Å². The minimum Gasteiger partial charge on any atom is -0.508 e. The average molecular weight is 1810 g/mol. The zero-order chi connectivity index (χ0) is 95.0. The summed E-state index contributed by atoms with van der Waals surface area (Å²) in [5.41, 5.74) is 6.11. The molecule has 0 radical (unpaired) electrons. The van der Waals surface area contributed by atoms with Crippen molar-refractivity contribution in [2.45, 2.75) is 210 Å². The molecule has 19 nitrogen and oxygen atoms in total. The molecule has 2 aliphatic heterocycles. The van der Waals surface area contributed by atoms with Crippen molar-refractivity contribution >= 4 is 66.4 Å². The molecule has 6 N–H and O–H groups in total. The van der Waals surface area contributed by atoms with Crippen molar-refractivity contribution in [3.63, 3.8) is 0 Å². The van der Waals surface area contributed by atoms with Crippen LogP contribution >= 0.6 is 22.7 Å². The van der Waals surface area contributed by atoms with Crippen LogP contribution in [-0.4, -0.2) is 170 Å². The molecule has 0 aliphatic carbocycles. The minimum absolute atomic E-state index is 0. The number of aliphatic hydroxyl groups excluding tert-OH is 1. The van der Waals surface area contributed by atoms with E-state index >= 15 is 0 Å². The number of carbonyl (C=O) groups excluding carboxylic acids is 4. The lowest BCUT2D eigenvalue weighted by Gasteiger charge is -2.29. The molecular weight excluding hydrogens is 1660 g/mol. The van der Waals surface area contributed by atoms with Crippen LogP contribution in [0.5, 0.6) is 46.0 Å². The van der Waals surface area contributed by atoms with E-state index in [0.29, 0.717) is 91.8 Å². The van der Waals surface area contributed by atoms with Crippen molar-refractivity contribution in [3.05, 3.63) is 179 Å². The smallest absolute Gasteiger partial charge is 0.255 e. The molecule has 21 heteroatoms. The summed E-state index contributed by atoms with van der Waals surface area (Å²) in [5.74, 6) is 16.8. The normalized spacial score (nSPS) is 12.0. The third-order valence-corrected chi connectivity index (χ3v) is 21.4. The van der Waals surface area contributed by atoms with Crippen LogP contribution in [0.4, 0.5) is 0 Å². The van der Waals surface area contributed by atoms with Crippen LogP contribution in [-0.2, 0) is 30.3 Å². The van der Waals surface area contributed by atoms with Gasteiger partial charge in [0.05, 0.1) is 31.3 Å². The number of phenolic OH excluding ortho intramolecular Hbond substituents is 4. The lowest BCUT2D eigenvalue weighted by atomic mass is 9.89. The molecular formula is C108H152N4O15S2. The fourth-order valence-corrected chi connectivity index (χ4v) is 14.6. The van der Waals surface area contributed by atoms with Gasteiger partial charge < -0.3 is 68.7 Å². The molecule has 1 unspecified atom stereocenters. The van der Waals surface area contributed by atoms with Gasteiger partial charge in [0.15, 0.2) is 11.5 Å². The average Bonchev–Trinajstić information content (AvgIpc) is 1.67. The van der Waals surface area contributed by atoms with Crippen molar-refractivity contribution in [3.8, 4) is 116 Å². The van der Waals surface area contributed by atoms with E-state index in [4.69, 9.17) is 33.5 Å². The third kappa shape index (κ3) is 45.4. The van der Waals surface area contributed by atoms with Crippen LogP contribution in [0.3, 0.4) is 0 Å². The predicted molar refractivity (Wildman–Crippen MR) is 540 cm³/mol. The summed E-state index contributed by atoms with van der Waals surface area (Å²) in [5, 5.41) is 50.1. The molecule has 706 valence electrons. The lowest BCUT2D eigenvalue weighted by Crippen LogP contribution is -2.52. The number of benzene rings is 7. The highest BCUT2D eigenvalue weighted by atomic mass is 32.1. The van der Waals surface area contributed by atoms with Crippen molar-refractivity contribution in [1.29, 1.82) is 0 Å². The van der Waals surface area contributed by atoms with E-state index in [1.165, 1.54) is 66.1 Å². The molecule has 0 spiro atoms. The Morgan fingerprint density at radius 1 is 0.558 bits per heavy atom. The van der Waals surface area contributed by atoms with Gasteiger partial charge >= 0.3 is 0 Å². The Kier molecular flexibility index (Phi) is 60.4. The molecule has 3 amide bonds. The number of likely N-dealkylation sites (N-methyl/N-ethyl adjacent to an activating group) is 2. The zero-order valence-corrected chi connectivity index (χ0v) is 81.1. The fourth-order valence-electron chi connectivity index (χ4n) is 12.2. The van der Waals surface area contributed by atoms with E-state index in [1.54, 1.807) is 119 Å². The summed E-state index contributed by atoms with van der Waals surface area (Å²) in [7, 11) is 5.11. The number of nitrogens with one attached hydrogen (secondary N) is 1. The van der Waals surface area contributed by atoms with Gasteiger partial charge in [-0.05, 0) is 259 Å². The first-order valence-electron chi connectivity index (χ1n) is 43.8. The Labute approximate surface area is 782 Å². The predicted octanol–water partition coefficient (Wildman–Crippen LogP) is 24.4.